The Labute approximate surface area is 105 Å². The summed E-state index contributed by atoms with van der Waals surface area (Å²) < 4.78 is 5.51. The van der Waals surface area contributed by atoms with Crippen molar-refractivity contribution in [2.45, 2.75) is 31.4 Å². The molecule has 0 amide bonds. The van der Waals surface area contributed by atoms with Gasteiger partial charge >= 0.3 is 0 Å². The lowest BCUT2D eigenvalue weighted by atomic mass is 10.1. The molecule has 1 aliphatic carbocycles. The van der Waals surface area contributed by atoms with Crippen molar-refractivity contribution in [1.29, 1.82) is 0 Å². The standard InChI is InChI=1S/C10H20N2O.2ClH/c1-13-10-4-2-3-9(10)12-7-5-11-6-8-12;;/h9-11H,2-8H2,1H3;2*1H. The molecule has 2 fully saturated rings. The highest BCUT2D eigenvalue weighted by atomic mass is 35.5. The number of halogens is 2. The van der Waals surface area contributed by atoms with Crippen LogP contribution in [0.2, 0.25) is 0 Å². The summed E-state index contributed by atoms with van der Waals surface area (Å²) in [4.78, 5) is 2.59. The maximum absolute atomic E-state index is 5.51. The molecule has 1 saturated carbocycles. The van der Waals surface area contributed by atoms with Gasteiger partial charge in [0, 0.05) is 39.3 Å². The monoisotopic (exact) mass is 256 g/mol. The largest absolute Gasteiger partial charge is 0.380 e. The number of rotatable bonds is 2. The van der Waals surface area contributed by atoms with Crippen molar-refractivity contribution < 1.29 is 4.74 Å². The molecule has 0 aromatic heterocycles. The van der Waals surface area contributed by atoms with Crippen LogP contribution in [-0.2, 0) is 4.74 Å². The lowest BCUT2D eigenvalue weighted by molar-refractivity contribution is 0.0281. The first kappa shape index (κ1) is 15.5. The summed E-state index contributed by atoms with van der Waals surface area (Å²) in [5.74, 6) is 0. The fraction of sp³-hybridized carbons (Fsp3) is 1.00. The van der Waals surface area contributed by atoms with Crippen LogP contribution in [0.25, 0.3) is 0 Å². The summed E-state index contributed by atoms with van der Waals surface area (Å²) >= 11 is 0. The second-order valence-electron chi connectivity index (χ2n) is 4.06. The SMILES string of the molecule is COC1CCCC1N1CCNCC1.Cl.Cl. The average molecular weight is 257 g/mol. The van der Waals surface area contributed by atoms with E-state index in [-0.39, 0.29) is 24.8 Å². The molecule has 2 unspecified atom stereocenters. The molecule has 1 aliphatic heterocycles. The number of piperazine rings is 1. The number of hydrogen-bond acceptors (Lipinski definition) is 3. The fourth-order valence-corrected chi connectivity index (χ4v) is 2.61. The van der Waals surface area contributed by atoms with E-state index >= 15 is 0 Å². The summed E-state index contributed by atoms with van der Waals surface area (Å²) in [6.45, 7) is 4.69. The molecule has 0 aromatic rings. The molecule has 0 radical (unpaired) electrons. The van der Waals surface area contributed by atoms with Crippen molar-refractivity contribution in [1.82, 2.24) is 10.2 Å². The minimum Gasteiger partial charge on any atom is -0.380 e. The molecule has 2 rings (SSSR count). The highest BCUT2D eigenvalue weighted by molar-refractivity contribution is 5.85. The van der Waals surface area contributed by atoms with Gasteiger partial charge in [0.2, 0.25) is 0 Å². The Balaban J connectivity index is 0.000000980. The quantitative estimate of drug-likeness (QED) is 0.807. The van der Waals surface area contributed by atoms with Crippen LogP contribution in [0, 0.1) is 0 Å². The van der Waals surface area contributed by atoms with Crippen molar-refractivity contribution in [3.8, 4) is 0 Å². The van der Waals surface area contributed by atoms with Gasteiger partial charge in [-0.3, -0.25) is 4.90 Å². The zero-order valence-corrected chi connectivity index (χ0v) is 10.9. The first-order valence-corrected chi connectivity index (χ1v) is 5.39. The number of hydrogen-bond donors (Lipinski definition) is 1. The van der Waals surface area contributed by atoms with E-state index in [1.165, 1.54) is 32.4 Å². The summed E-state index contributed by atoms with van der Waals surface area (Å²) in [7, 11) is 1.85. The lowest BCUT2D eigenvalue weighted by Gasteiger charge is -2.35. The first-order chi connectivity index (χ1) is 6.42. The second kappa shape index (κ2) is 7.69. The third-order valence-electron chi connectivity index (χ3n) is 3.34. The Hall–Kier alpha value is 0.460. The minimum atomic E-state index is 0. The van der Waals surface area contributed by atoms with Crippen LogP contribution in [-0.4, -0.2) is 50.3 Å². The van der Waals surface area contributed by atoms with Crippen molar-refractivity contribution in [3.05, 3.63) is 0 Å². The van der Waals surface area contributed by atoms with Gasteiger partial charge in [-0.15, -0.1) is 24.8 Å². The lowest BCUT2D eigenvalue weighted by Crippen LogP contribution is -2.51. The zero-order valence-electron chi connectivity index (χ0n) is 9.28. The van der Waals surface area contributed by atoms with Crippen LogP contribution in [0.1, 0.15) is 19.3 Å². The van der Waals surface area contributed by atoms with Crippen LogP contribution >= 0.6 is 24.8 Å². The van der Waals surface area contributed by atoms with Gasteiger partial charge in [-0.05, 0) is 19.3 Å². The number of nitrogens with one attached hydrogen (secondary N) is 1. The van der Waals surface area contributed by atoms with E-state index in [2.05, 4.69) is 10.2 Å². The Morgan fingerprint density at radius 1 is 1.13 bits per heavy atom. The minimum absolute atomic E-state index is 0. The van der Waals surface area contributed by atoms with E-state index in [4.69, 9.17) is 4.74 Å². The van der Waals surface area contributed by atoms with E-state index in [0.717, 1.165) is 13.1 Å². The highest BCUT2D eigenvalue weighted by Gasteiger charge is 2.32. The molecule has 1 saturated heterocycles. The Bertz CT molecular complexity index is 166. The third-order valence-corrected chi connectivity index (χ3v) is 3.34. The van der Waals surface area contributed by atoms with Gasteiger partial charge in [0.05, 0.1) is 6.10 Å². The summed E-state index contributed by atoms with van der Waals surface area (Å²) in [6.07, 6.45) is 4.43. The maximum atomic E-state index is 5.51. The molecule has 15 heavy (non-hydrogen) atoms. The molecule has 0 aromatic carbocycles. The van der Waals surface area contributed by atoms with Crippen LogP contribution in [0.15, 0.2) is 0 Å². The van der Waals surface area contributed by atoms with Gasteiger partial charge in [-0.25, -0.2) is 0 Å². The molecule has 5 heteroatoms. The van der Waals surface area contributed by atoms with Crippen molar-refractivity contribution in [2.24, 2.45) is 0 Å². The molecule has 1 heterocycles. The average Bonchev–Trinajstić information content (AvgIpc) is 2.67. The molecule has 3 nitrogen and oxygen atoms in total. The van der Waals surface area contributed by atoms with Crippen LogP contribution < -0.4 is 5.32 Å². The second-order valence-corrected chi connectivity index (χ2v) is 4.06. The van der Waals surface area contributed by atoms with Gasteiger partial charge in [-0.1, -0.05) is 0 Å². The normalized spacial score (nSPS) is 31.8. The smallest absolute Gasteiger partial charge is 0.0726 e. The number of methoxy groups -OCH3 is 1. The molecule has 0 bridgehead atoms. The van der Waals surface area contributed by atoms with E-state index in [9.17, 15) is 0 Å². The topological polar surface area (TPSA) is 24.5 Å². The van der Waals surface area contributed by atoms with E-state index < -0.39 is 0 Å². The van der Waals surface area contributed by atoms with Gasteiger partial charge in [0.1, 0.15) is 0 Å². The molecule has 1 N–H and O–H groups in total. The zero-order chi connectivity index (χ0) is 9.10. The molecule has 92 valence electrons. The summed E-state index contributed by atoms with van der Waals surface area (Å²) in [5.41, 5.74) is 0. The Morgan fingerprint density at radius 3 is 2.40 bits per heavy atom. The van der Waals surface area contributed by atoms with Crippen molar-refractivity contribution in [3.63, 3.8) is 0 Å². The van der Waals surface area contributed by atoms with Crippen LogP contribution in [0.3, 0.4) is 0 Å². The summed E-state index contributed by atoms with van der Waals surface area (Å²) in [6, 6.07) is 0.701. The van der Waals surface area contributed by atoms with Crippen LogP contribution in [0.4, 0.5) is 0 Å². The van der Waals surface area contributed by atoms with Gasteiger partial charge in [0.25, 0.3) is 0 Å². The first-order valence-electron chi connectivity index (χ1n) is 5.39. The van der Waals surface area contributed by atoms with Crippen LogP contribution in [0.5, 0.6) is 0 Å². The van der Waals surface area contributed by atoms with E-state index in [1.807, 2.05) is 7.11 Å². The highest BCUT2D eigenvalue weighted by Crippen LogP contribution is 2.26. The molecular weight excluding hydrogens is 235 g/mol. The Morgan fingerprint density at radius 2 is 1.80 bits per heavy atom. The maximum Gasteiger partial charge on any atom is 0.0726 e. The predicted octanol–water partition coefficient (Wildman–Crippen LogP) is 1.30. The number of nitrogens with zero attached hydrogens (tertiary/aromatic N) is 1. The van der Waals surface area contributed by atoms with Crippen molar-refractivity contribution >= 4 is 24.8 Å². The predicted molar refractivity (Wildman–Crippen MR) is 67.4 cm³/mol. The molecule has 2 atom stereocenters. The molecule has 2 aliphatic rings. The van der Waals surface area contributed by atoms with Gasteiger partial charge < -0.3 is 10.1 Å². The Kier molecular flexibility index (Phi) is 7.92. The third kappa shape index (κ3) is 3.75. The van der Waals surface area contributed by atoms with Gasteiger partial charge in [-0.2, -0.15) is 0 Å². The number of ether oxygens (including phenoxy) is 1. The summed E-state index contributed by atoms with van der Waals surface area (Å²) in [5, 5.41) is 3.39. The molecule has 0 spiro atoms. The van der Waals surface area contributed by atoms with E-state index in [0.29, 0.717) is 12.1 Å². The van der Waals surface area contributed by atoms with Crippen molar-refractivity contribution in [2.75, 3.05) is 33.3 Å². The fourth-order valence-electron chi connectivity index (χ4n) is 2.61. The van der Waals surface area contributed by atoms with E-state index in [1.54, 1.807) is 0 Å². The van der Waals surface area contributed by atoms with Gasteiger partial charge in [0.15, 0.2) is 0 Å². The molecular formula is C10H22Cl2N2O.